The van der Waals surface area contributed by atoms with Crippen LogP contribution in [-0.4, -0.2) is 122 Å². The highest BCUT2D eigenvalue weighted by Gasteiger charge is 2.48. The van der Waals surface area contributed by atoms with Crippen molar-refractivity contribution in [3.63, 3.8) is 0 Å². The minimum atomic E-state index is -0.881. The van der Waals surface area contributed by atoms with Crippen LogP contribution in [0.2, 0.25) is 0 Å². The molecule has 2 bridgehead atoms. The average Bonchev–Trinajstić information content (AvgIpc) is 2.94. The number of carbonyl (C=O) groups excluding carboxylic acids is 2. The van der Waals surface area contributed by atoms with Gasteiger partial charge in [0.25, 0.3) is 0 Å². The van der Waals surface area contributed by atoms with Gasteiger partial charge in [-0.2, -0.15) is 0 Å². The number of nitrogens with zero attached hydrogens (tertiary/aromatic N) is 3. The summed E-state index contributed by atoms with van der Waals surface area (Å²) in [7, 11) is 1.71. The summed E-state index contributed by atoms with van der Waals surface area (Å²) in [5.41, 5.74) is 12.5. The van der Waals surface area contributed by atoms with Crippen molar-refractivity contribution in [3.8, 4) is 0 Å². The number of ether oxygens (including phenoxy) is 1. The lowest BCUT2D eigenvalue weighted by molar-refractivity contribution is -0.163. The van der Waals surface area contributed by atoms with Crippen molar-refractivity contribution >= 4 is 11.8 Å². The molecular weight excluding hydrogens is 525 g/mol. The largest absolute Gasteiger partial charge is 0.375 e. The Balaban J connectivity index is 1.21. The zero-order valence-corrected chi connectivity index (χ0v) is 25.5. The standard InChI is InChI=1S/C30H54FN7O3/c1-4-30-9-5-21(31)17-37(14-10-30)24(15-30)25(26(32)33)27(39)35-22-16-34-11-6-23(22)36-12-7-20(8-13-36)28(40)38-18-29(2,19-38)41-3/h20-26,34H,4-19,32-33H2,1-3H3,(H,35,39). The molecule has 0 saturated carbocycles. The Hall–Kier alpha value is -1.37. The molecule has 0 aromatic carbocycles. The van der Waals surface area contributed by atoms with Crippen molar-refractivity contribution in [3.05, 3.63) is 0 Å². The van der Waals surface area contributed by atoms with Crippen molar-refractivity contribution in [2.24, 2.45) is 28.7 Å². The summed E-state index contributed by atoms with van der Waals surface area (Å²) in [6.45, 7) is 9.98. The second-order valence-electron chi connectivity index (χ2n) is 13.9. The topological polar surface area (TPSA) is 129 Å². The third-order valence-electron chi connectivity index (χ3n) is 11.3. The maximum atomic E-state index is 14.8. The maximum absolute atomic E-state index is 14.8. The lowest BCUT2D eigenvalue weighted by Gasteiger charge is -2.52. The third-order valence-corrected chi connectivity index (χ3v) is 11.3. The zero-order chi connectivity index (χ0) is 29.4. The van der Waals surface area contributed by atoms with Gasteiger partial charge in [0.15, 0.2) is 0 Å². The van der Waals surface area contributed by atoms with Gasteiger partial charge in [-0.1, -0.05) is 13.3 Å². The van der Waals surface area contributed by atoms with Crippen LogP contribution in [0, 0.1) is 17.3 Å². The summed E-state index contributed by atoms with van der Waals surface area (Å²) >= 11 is 0. The summed E-state index contributed by atoms with van der Waals surface area (Å²) in [5.74, 6) is -0.401. The second kappa shape index (κ2) is 12.7. The SMILES string of the molecule is CCC12CCC(F)C[N@](CC1)C(C(C(=O)NC1CNCCC1N1CCC(C(=O)N3CC(C)(OC)C3)CC1)C(N)N)C2. The van der Waals surface area contributed by atoms with Crippen molar-refractivity contribution in [2.75, 3.05) is 59.5 Å². The predicted octanol–water partition coefficient (Wildman–Crippen LogP) is 0.645. The molecule has 41 heavy (non-hydrogen) atoms. The van der Waals surface area contributed by atoms with E-state index in [-0.39, 0.29) is 46.9 Å². The number of nitrogens with two attached hydrogens (primary N) is 2. The number of carbonyl (C=O) groups is 2. The molecule has 2 amide bonds. The number of alkyl halides is 1. The van der Waals surface area contributed by atoms with Gasteiger partial charge < -0.3 is 31.7 Å². The number of hydrogen-bond donors (Lipinski definition) is 4. The van der Waals surface area contributed by atoms with Crippen LogP contribution in [0.3, 0.4) is 0 Å². The quantitative estimate of drug-likeness (QED) is 0.309. The van der Waals surface area contributed by atoms with E-state index in [0.717, 1.165) is 71.1 Å². The molecule has 11 heteroatoms. The van der Waals surface area contributed by atoms with E-state index in [1.807, 2.05) is 11.8 Å². The lowest BCUT2D eigenvalue weighted by Crippen LogP contribution is -2.66. The molecule has 6 fully saturated rings. The number of piperidine rings is 3. The summed E-state index contributed by atoms with van der Waals surface area (Å²) in [6.07, 6.45) is 5.21. The van der Waals surface area contributed by atoms with Gasteiger partial charge >= 0.3 is 0 Å². The van der Waals surface area contributed by atoms with E-state index in [1.165, 1.54) is 0 Å². The zero-order valence-electron chi connectivity index (χ0n) is 25.5. The number of halogens is 1. The molecule has 0 spiro atoms. The monoisotopic (exact) mass is 579 g/mol. The molecule has 6 aliphatic rings. The highest BCUT2D eigenvalue weighted by atomic mass is 19.1. The highest BCUT2D eigenvalue weighted by Crippen LogP contribution is 2.46. The van der Waals surface area contributed by atoms with Crippen molar-refractivity contribution < 1.29 is 18.7 Å². The molecular formula is C30H54FN7O3. The number of hydrogen-bond acceptors (Lipinski definition) is 8. The predicted molar refractivity (Wildman–Crippen MR) is 157 cm³/mol. The fraction of sp³-hybridized carbons (Fsp3) is 0.933. The highest BCUT2D eigenvalue weighted by molar-refractivity contribution is 5.81. The number of likely N-dealkylation sites (tertiary alicyclic amines) is 2. The molecule has 7 atom stereocenters. The molecule has 6 rings (SSSR count). The number of rotatable bonds is 8. The van der Waals surface area contributed by atoms with E-state index >= 15 is 0 Å². The Labute approximate surface area is 245 Å². The molecule has 0 radical (unpaired) electrons. The van der Waals surface area contributed by atoms with Crippen LogP contribution in [-0.2, 0) is 14.3 Å². The molecule has 6 N–H and O–H groups in total. The first kappa shape index (κ1) is 31.1. The smallest absolute Gasteiger partial charge is 0.227 e. The second-order valence-corrected chi connectivity index (χ2v) is 13.9. The van der Waals surface area contributed by atoms with Crippen LogP contribution in [0.4, 0.5) is 4.39 Å². The van der Waals surface area contributed by atoms with E-state index in [0.29, 0.717) is 32.6 Å². The van der Waals surface area contributed by atoms with Gasteiger partial charge in [0, 0.05) is 38.2 Å². The maximum Gasteiger partial charge on any atom is 0.227 e. The molecule has 6 aliphatic heterocycles. The Bertz CT molecular complexity index is 926. The van der Waals surface area contributed by atoms with E-state index in [2.05, 4.69) is 27.4 Å². The summed E-state index contributed by atoms with van der Waals surface area (Å²) in [4.78, 5) is 33.6. The summed E-state index contributed by atoms with van der Waals surface area (Å²) in [6, 6.07) is -0.0317. The number of nitrogens with one attached hydrogen (secondary N) is 2. The normalized spacial score (nSPS) is 37.2. The fourth-order valence-corrected chi connectivity index (χ4v) is 8.43. The van der Waals surface area contributed by atoms with E-state index < -0.39 is 18.3 Å². The van der Waals surface area contributed by atoms with Gasteiger partial charge in [-0.25, -0.2) is 4.39 Å². The number of methoxy groups -OCH3 is 1. The molecule has 234 valence electrons. The van der Waals surface area contributed by atoms with Crippen molar-refractivity contribution in [1.29, 1.82) is 0 Å². The Morgan fingerprint density at radius 2 is 1.83 bits per heavy atom. The summed E-state index contributed by atoms with van der Waals surface area (Å²) in [5, 5.41) is 6.81. The van der Waals surface area contributed by atoms with Crippen LogP contribution >= 0.6 is 0 Å². The molecule has 0 aromatic heterocycles. The van der Waals surface area contributed by atoms with E-state index in [1.54, 1.807) is 7.11 Å². The molecule has 6 unspecified atom stereocenters. The molecule has 6 saturated heterocycles. The first-order valence-corrected chi connectivity index (χ1v) is 16.1. The van der Waals surface area contributed by atoms with Gasteiger partial charge in [-0.15, -0.1) is 0 Å². The fourth-order valence-electron chi connectivity index (χ4n) is 8.43. The Morgan fingerprint density at radius 3 is 2.49 bits per heavy atom. The minimum Gasteiger partial charge on any atom is -0.375 e. The molecule has 0 aliphatic carbocycles. The summed E-state index contributed by atoms with van der Waals surface area (Å²) < 4.78 is 20.3. The van der Waals surface area contributed by atoms with Gasteiger partial charge in [0.2, 0.25) is 11.8 Å². The van der Waals surface area contributed by atoms with Gasteiger partial charge in [0.05, 0.1) is 36.8 Å². The van der Waals surface area contributed by atoms with Crippen molar-refractivity contribution in [1.82, 2.24) is 25.3 Å². The van der Waals surface area contributed by atoms with Crippen LogP contribution < -0.4 is 22.1 Å². The van der Waals surface area contributed by atoms with Gasteiger partial charge in [0.1, 0.15) is 6.17 Å². The minimum absolute atomic E-state index is 0.0499. The molecule has 0 aromatic rings. The van der Waals surface area contributed by atoms with Crippen LogP contribution in [0.15, 0.2) is 0 Å². The first-order valence-electron chi connectivity index (χ1n) is 16.1. The van der Waals surface area contributed by atoms with Gasteiger partial charge in [-0.05, 0) is 83.5 Å². The van der Waals surface area contributed by atoms with E-state index in [4.69, 9.17) is 16.2 Å². The average molecular weight is 580 g/mol. The Morgan fingerprint density at radius 1 is 1.10 bits per heavy atom. The van der Waals surface area contributed by atoms with Crippen LogP contribution in [0.25, 0.3) is 0 Å². The lowest BCUT2D eigenvalue weighted by atomic mass is 9.66. The Kier molecular flexibility index (Phi) is 9.62. The van der Waals surface area contributed by atoms with E-state index in [9.17, 15) is 14.0 Å². The number of fused-ring (bicyclic) bond motifs is 5. The van der Waals surface area contributed by atoms with Crippen molar-refractivity contribution in [2.45, 2.75) is 101 Å². The first-order chi connectivity index (χ1) is 19.6. The van der Waals surface area contributed by atoms with Crippen LogP contribution in [0.1, 0.15) is 65.2 Å². The third kappa shape index (κ3) is 6.60. The van der Waals surface area contributed by atoms with Crippen LogP contribution in [0.5, 0.6) is 0 Å². The molecule has 6 heterocycles. The van der Waals surface area contributed by atoms with Gasteiger partial charge in [-0.3, -0.25) is 19.4 Å². The molecule has 10 nitrogen and oxygen atoms in total. The number of amides is 2.